The minimum atomic E-state index is -3.34. The molecule has 3 aromatic rings. The molecule has 5 nitrogen and oxygen atoms in total. The van der Waals surface area contributed by atoms with Crippen LogP contribution in [0.5, 0.6) is 0 Å². The number of sulfone groups is 1. The molecule has 0 radical (unpaired) electrons. The molecular weight excluding hydrogens is 360 g/mol. The Morgan fingerprint density at radius 1 is 0.926 bits per heavy atom. The number of carbonyl (C=O) groups excluding carboxylic acids is 1. The lowest BCUT2D eigenvalue weighted by molar-refractivity contribution is -0.114. The van der Waals surface area contributed by atoms with Crippen LogP contribution in [0.2, 0.25) is 0 Å². The monoisotopic (exact) mass is 382 g/mol. The maximum Gasteiger partial charge on any atom is 0.243 e. The SMILES string of the molecule is Cc1ccc(NCC(=O)Nc2cccc3ccccc23)c(C)c1S(C)(=O)=O. The van der Waals surface area contributed by atoms with Gasteiger partial charge in [0.1, 0.15) is 0 Å². The van der Waals surface area contributed by atoms with Gasteiger partial charge >= 0.3 is 0 Å². The van der Waals surface area contributed by atoms with Gasteiger partial charge in [-0.25, -0.2) is 8.42 Å². The summed E-state index contributed by atoms with van der Waals surface area (Å²) in [6.07, 6.45) is 1.19. The van der Waals surface area contributed by atoms with Crippen molar-refractivity contribution in [1.29, 1.82) is 0 Å². The van der Waals surface area contributed by atoms with Crippen molar-refractivity contribution in [3.63, 3.8) is 0 Å². The van der Waals surface area contributed by atoms with Crippen LogP contribution in [0.4, 0.5) is 11.4 Å². The van der Waals surface area contributed by atoms with E-state index in [-0.39, 0.29) is 12.5 Å². The standard InChI is InChI=1S/C21H22N2O3S/c1-14-11-12-18(15(2)21(14)27(3,25)26)22-13-20(24)23-19-10-6-8-16-7-4-5-9-17(16)19/h4-12,22H,13H2,1-3H3,(H,23,24). The summed E-state index contributed by atoms with van der Waals surface area (Å²) in [6, 6.07) is 17.1. The van der Waals surface area contributed by atoms with Crippen molar-refractivity contribution >= 4 is 37.9 Å². The van der Waals surface area contributed by atoms with Crippen LogP contribution < -0.4 is 10.6 Å². The van der Waals surface area contributed by atoms with Crippen LogP contribution >= 0.6 is 0 Å². The van der Waals surface area contributed by atoms with E-state index in [4.69, 9.17) is 0 Å². The van der Waals surface area contributed by atoms with Crippen molar-refractivity contribution in [2.45, 2.75) is 18.7 Å². The number of fused-ring (bicyclic) bond motifs is 1. The lowest BCUT2D eigenvalue weighted by Crippen LogP contribution is -2.22. The van der Waals surface area contributed by atoms with E-state index in [9.17, 15) is 13.2 Å². The van der Waals surface area contributed by atoms with Crippen molar-refractivity contribution in [2.75, 3.05) is 23.4 Å². The van der Waals surface area contributed by atoms with E-state index in [0.29, 0.717) is 21.7 Å². The summed E-state index contributed by atoms with van der Waals surface area (Å²) < 4.78 is 24.0. The number of nitrogens with one attached hydrogen (secondary N) is 2. The fourth-order valence-electron chi connectivity index (χ4n) is 3.29. The number of hydrogen-bond acceptors (Lipinski definition) is 4. The Morgan fingerprint density at radius 3 is 2.37 bits per heavy atom. The summed E-state index contributed by atoms with van der Waals surface area (Å²) >= 11 is 0. The second-order valence-electron chi connectivity index (χ2n) is 6.58. The summed E-state index contributed by atoms with van der Waals surface area (Å²) in [5.41, 5.74) is 2.70. The smallest absolute Gasteiger partial charge is 0.243 e. The van der Waals surface area contributed by atoms with Crippen LogP contribution in [0.15, 0.2) is 59.5 Å². The summed E-state index contributed by atoms with van der Waals surface area (Å²) in [6.45, 7) is 3.55. The van der Waals surface area contributed by atoms with Gasteiger partial charge < -0.3 is 10.6 Å². The first-order valence-electron chi connectivity index (χ1n) is 8.59. The average Bonchev–Trinajstić information content (AvgIpc) is 2.60. The van der Waals surface area contributed by atoms with E-state index < -0.39 is 9.84 Å². The van der Waals surface area contributed by atoms with Gasteiger partial charge in [0.15, 0.2) is 9.84 Å². The maximum absolute atomic E-state index is 12.4. The predicted molar refractivity (Wildman–Crippen MR) is 110 cm³/mol. The van der Waals surface area contributed by atoms with Crippen molar-refractivity contribution < 1.29 is 13.2 Å². The van der Waals surface area contributed by atoms with Crippen LogP contribution in [-0.4, -0.2) is 27.1 Å². The van der Waals surface area contributed by atoms with Crippen molar-refractivity contribution in [1.82, 2.24) is 0 Å². The summed E-state index contributed by atoms with van der Waals surface area (Å²) in [5, 5.41) is 7.98. The number of rotatable bonds is 5. The number of benzene rings is 3. The molecule has 0 fully saturated rings. The highest BCUT2D eigenvalue weighted by Gasteiger charge is 2.17. The molecule has 0 atom stereocenters. The predicted octanol–water partition coefficient (Wildman–Crippen LogP) is 3.91. The third-order valence-corrected chi connectivity index (χ3v) is 5.85. The average molecular weight is 382 g/mol. The maximum atomic E-state index is 12.4. The number of amides is 1. The first-order valence-corrected chi connectivity index (χ1v) is 10.5. The topological polar surface area (TPSA) is 75.3 Å². The fraction of sp³-hybridized carbons (Fsp3) is 0.190. The lowest BCUT2D eigenvalue weighted by atomic mass is 10.1. The molecule has 0 aliphatic heterocycles. The second-order valence-corrected chi connectivity index (χ2v) is 8.54. The zero-order chi connectivity index (χ0) is 19.6. The molecule has 0 saturated heterocycles. The number of hydrogen-bond donors (Lipinski definition) is 2. The molecule has 0 spiro atoms. The molecule has 3 rings (SSSR count). The highest BCUT2D eigenvalue weighted by molar-refractivity contribution is 7.90. The molecule has 0 aliphatic rings. The van der Waals surface area contributed by atoms with Crippen LogP contribution in [0.25, 0.3) is 10.8 Å². The third-order valence-electron chi connectivity index (χ3n) is 4.48. The van der Waals surface area contributed by atoms with E-state index in [1.54, 1.807) is 26.0 Å². The van der Waals surface area contributed by atoms with Gasteiger partial charge in [-0.05, 0) is 42.5 Å². The van der Waals surface area contributed by atoms with Gasteiger partial charge in [0.25, 0.3) is 0 Å². The van der Waals surface area contributed by atoms with Crippen molar-refractivity contribution in [2.24, 2.45) is 0 Å². The summed E-state index contributed by atoms with van der Waals surface area (Å²) in [5.74, 6) is -0.202. The summed E-state index contributed by atoms with van der Waals surface area (Å²) in [4.78, 5) is 12.7. The molecule has 0 unspecified atom stereocenters. The van der Waals surface area contributed by atoms with Crippen LogP contribution in [0.3, 0.4) is 0 Å². The molecule has 6 heteroatoms. The Bertz CT molecular complexity index is 1120. The Morgan fingerprint density at radius 2 is 1.63 bits per heavy atom. The van der Waals surface area contributed by atoms with Gasteiger partial charge in [-0.1, -0.05) is 42.5 Å². The van der Waals surface area contributed by atoms with Gasteiger partial charge in [0.2, 0.25) is 5.91 Å². The molecule has 0 bridgehead atoms. The number of carbonyl (C=O) groups is 1. The first-order chi connectivity index (χ1) is 12.8. The molecule has 27 heavy (non-hydrogen) atoms. The summed E-state index contributed by atoms with van der Waals surface area (Å²) in [7, 11) is -3.34. The van der Waals surface area contributed by atoms with Gasteiger partial charge in [-0.15, -0.1) is 0 Å². The minimum Gasteiger partial charge on any atom is -0.376 e. The van der Waals surface area contributed by atoms with Gasteiger partial charge in [0.05, 0.1) is 11.4 Å². The van der Waals surface area contributed by atoms with Gasteiger partial charge in [0, 0.05) is 23.0 Å². The molecule has 0 saturated carbocycles. The van der Waals surface area contributed by atoms with E-state index in [0.717, 1.165) is 16.5 Å². The van der Waals surface area contributed by atoms with E-state index in [1.165, 1.54) is 6.26 Å². The van der Waals surface area contributed by atoms with Crippen LogP contribution in [0.1, 0.15) is 11.1 Å². The molecule has 0 heterocycles. The number of aryl methyl sites for hydroxylation is 1. The van der Waals surface area contributed by atoms with Crippen molar-refractivity contribution in [3.05, 3.63) is 65.7 Å². The lowest BCUT2D eigenvalue weighted by Gasteiger charge is -2.15. The first kappa shape index (κ1) is 18.9. The Hall–Kier alpha value is -2.86. The largest absolute Gasteiger partial charge is 0.376 e. The molecule has 0 aromatic heterocycles. The zero-order valence-corrected chi connectivity index (χ0v) is 16.4. The van der Waals surface area contributed by atoms with E-state index >= 15 is 0 Å². The quantitative estimate of drug-likeness (QED) is 0.701. The molecule has 2 N–H and O–H groups in total. The Balaban J connectivity index is 1.77. The molecule has 140 valence electrons. The molecule has 0 aliphatic carbocycles. The Labute approximate surface area is 159 Å². The second kappa shape index (κ2) is 7.40. The minimum absolute atomic E-state index is 0.0380. The van der Waals surface area contributed by atoms with Crippen LogP contribution in [0, 0.1) is 13.8 Å². The molecular formula is C21H22N2O3S. The molecule has 3 aromatic carbocycles. The van der Waals surface area contributed by atoms with Crippen molar-refractivity contribution in [3.8, 4) is 0 Å². The third kappa shape index (κ3) is 4.11. The van der Waals surface area contributed by atoms with Crippen LogP contribution in [-0.2, 0) is 14.6 Å². The fourth-order valence-corrected chi connectivity index (χ4v) is 4.61. The van der Waals surface area contributed by atoms with E-state index in [1.807, 2.05) is 42.5 Å². The van der Waals surface area contributed by atoms with Gasteiger partial charge in [-0.3, -0.25) is 4.79 Å². The van der Waals surface area contributed by atoms with Gasteiger partial charge in [-0.2, -0.15) is 0 Å². The normalized spacial score (nSPS) is 11.4. The Kier molecular flexibility index (Phi) is 5.19. The number of anilines is 2. The zero-order valence-electron chi connectivity index (χ0n) is 15.5. The van der Waals surface area contributed by atoms with E-state index in [2.05, 4.69) is 10.6 Å². The highest BCUT2D eigenvalue weighted by Crippen LogP contribution is 2.27. The molecule has 1 amide bonds. The highest BCUT2D eigenvalue weighted by atomic mass is 32.2.